The molecule has 0 unspecified atom stereocenters. The van der Waals surface area contributed by atoms with Gasteiger partial charge in [-0.05, 0) is 31.3 Å². The maximum absolute atomic E-state index is 12.4. The molecule has 1 atom stereocenters. The van der Waals surface area contributed by atoms with Gasteiger partial charge in [-0.15, -0.1) is 0 Å². The third-order valence-electron chi connectivity index (χ3n) is 5.13. The van der Waals surface area contributed by atoms with Crippen LogP contribution >= 0.6 is 0 Å². The second-order valence-electron chi connectivity index (χ2n) is 7.58. The van der Waals surface area contributed by atoms with E-state index in [0.29, 0.717) is 18.3 Å². The number of carbonyl (C=O) groups is 4. The number of carboxylic acids is 1. The standard InChI is InChI=1S/C19H24BN3O8/c1-10(22-15(25)5-4-14(21)24)18(26)23-8-12(9-23)30-13-3-2-11-6-7-20(29)31-17(11)16(13)19(27)28/h2-3,10,12,29H,4-9H2,1H3,(H2,21,24)(H,22,25)(H,27,28)/t10-/m1/s1. The fraction of sp³-hybridized carbons (Fsp3) is 0.474. The number of nitrogens with one attached hydrogen (secondary N) is 1. The minimum Gasteiger partial charge on any atom is -0.535 e. The third-order valence-corrected chi connectivity index (χ3v) is 5.13. The summed E-state index contributed by atoms with van der Waals surface area (Å²) in [6.07, 6.45) is 0.256. The molecule has 0 saturated carbocycles. The summed E-state index contributed by atoms with van der Waals surface area (Å²) in [5, 5.41) is 21.8. The number of aryl methyl sites for hydroxylation is 1. The van der Waals surface area contributed by atoms with Crippen molar-refractivity contribution in [3.63, 3.8) is 0 Å². The lowest BCUT2D eigenvalue weighted by atomic mass is 9.78. The number of aromatic carboxylic acids is 1. The molecule has 0 aliphatic carbocycles. The van der Waals surface area contributed by atoms with E-state index in [1.807, 2.05) is 0 Å². The van der Waals surface area contributed by atoms with Gasteiger partial charge in [0.25, 0.3) is 0 Å². The number of nitrogens with two attached hydrogens (primary N) is 1. The van der Waals surface area contributed by atoms with Crippen LogP contribution in [0, 0.1) is 0 Å². The Kier molecular flexibility index (Phi) is 6.69. The van der Waals surface area contributed by atoms with Crippen LogP contribution in [0.2, 0.25) is 6.32 Å². The Bertz CT molecular complexity index is 902. The molecule has 31 heavy (non-hydrogen) atoms. The number of carboxylic acid groups (broad SMARTS) is 1. The van der Waals surface area contributed by atoms with Crippen LogP contribution in [0.4, 0.5) is 0 Å². The lowest BCUT2D eigenvalue weighted by molar-refractivity contribution is -0.143. The Hall–Kier alpha value is -3.28. The van der Waals surface area contributed by atoms with E-state index in [1.54, 1.807) is 12.1 Å². The molecule has 2 aliphatic heterocycles. The first kappa shape index (κ1) is 22.4. The molecule has 0 aromatic heterocycles. The summed E-state index contributed by atoms with van der Waals surface area (Å²) in [5.41, 5.74) is 5.52. The number of carbonyl (C=O) groups excluding carboxylic acids is 3. The van der Waals surface area contributed by atoms with Crippen LogP contribution in [0.3, 0.4) is 0 Å². The largest absolute Gasteiger partial charge is 0.535 e. The molecule has 1 saturated heterocycles. The van der Waals surface area contributed by atoms with Gasteiger partial charge in [0, 0.05) is 12.8 Å². The summed E-state index contributed by atoms with van der Waals surface area (Å²) in [5.74, 6) is -2.40. The molecule has 1 aromatic rings. The van der Waals surface area contributed by atoms with Crippen LogP contribution in [0.1, 0.15) is 35.7 Å². The molecule has 3 amide bonds. The maximum atomic E-state index is 12.4. The topological polar surface area (TPSA) is 168 Å². The number of ether oxygens (including phenoxy) is 1. The number of primary amides is 1. The molecule has 1 aromatic carbocycles. The van der Waals surface area contributed by atoms with Crippen LogP contribution < -0.4 is 20.4 Å². The van der Waals surface area contributed by atoms with Crippen LogP contribution in [0.25, 0.3) is 0 Å². The molecule has 12 heteroatoms. The van der Waals surface area contributed by atoms with Crippen molar-refractivity contribution in [2.24, 2.45) is 5.73 Å². The van der Waals surface area contributed by atoms with Crippen LogP contribution in [0.5, 0.6) is 11.5 Å². The quantitative estimate of drug-likeness (QED) is 0.385. The second kappa shape index (κ2) is 9.25. The minimum atomic E-state index is -1.24. The Morgan fingerprint density at radius 1 is 1.32 bits per heavy atom. The van der Waals surface area contributed by atoms with Crippen molar-refractivity contribution in [1.29, 1.82) is 0 Å². The van der Waals surface area contributed by atoms with Crippen molar-refractivity contribution in [3.05, 3.63) is 23.3 Å². The smallest absolute Gasteiger partial charge is 0.522 e. The van der Waals surface area contributed by atoms with Gasteiger partial charge in [0.15, 0.2) is 0 Å². The molecule has 1 fully saturated rings. The normalized spacial score (nSPS) is 16.5. The predicted molar refractivity (Wildman–Crippen MR) is 108 cm³/mol. The van der Waals surface area contributed by atoms with Crippen LogP contribution in [-0.2, 0) is 20.8 Å². The van der Waals surface area contributed by atoms with Crippen molar-refractivity contribution in [2.45, 2.75) is 44.7 Å². The fourth-order valence-electron chi connectivity index (χ4n) is 3.47. The Labute approximate surface area is 178 Å². The lowest BCUT2D eigenvalue weighted by Crippen LogP contribution is -2.60. The van der Waals surface area contributed by atoms with Gasteiger partial charge in [0.1, 0.15) is 29.2 Å². The molecule has 11 nitrogen and oxygen atoms in total. The van der Waals surface area contributed by atoms with Crippen LogP contribution in [0.15, 0.2) is 12.1 Å². The molecular weight excluding hydrogens is 409 g/mol. The van der Waals surface area contributed by atoms with E-state index >= 15 is 0 Å². The first-order chi connectivity index (χ1) is 14.7. The minimum absolute atomic E-state index is 0.0915. The summed E-state index contributed by atoms with van der Waals surface area (Å²) in [6, 6.07) is 2.47. The van der Waals surface area contributed by atoms with Gasteiger partial charge < -0.3 is 35.5 Å². The summed E-state index contributed by atoms with van der Waals surface area (Å²) in [4.78, 5) is 48.1. The van der Waals surface area contributed by atoms with E-state index in [1.165, 1.54) is 11.8 Å². The highest BCUT2D eigenvalue weighted by Crippen LogP contribution is 2.37. The number of hydrogen-bond donors (Lipinski definition) is 4. The first-order valence-electron chi connectivity index (χ1n) is 9.92. The molecule has 0 bridgehead atoms. The van der Waals surface area contributed by atoms with Gasteiger partial charge in [-0.25, -0.2) is 4.79 Å². The molecular formula is C19H24BN3O8. The number of likely N-dealkylation sites (tertiary alicyclic amines) is 1. The zero-order chi connectivity index (χ0) is 22.7. The number of hydrogen-bond acceptors (Lipinski definition) is 7. The Morgan fingerprint density at radius 2 is 2.03 bits per heavy atom. The number of benzene rings is 1. The molecule has 0 radical (unpaired) electrons. The molecule has 0 spiro atoms. The average Bonchev–Trinajstić information content (AvgIpc) is 2.67. The maximum Gasteiger partial charge on any atom is 0.522 e. The molecule has 2 heterocycles. The van der Waals surface area contributed by atoms with Gasteiger partial charge in [-0.3, -0.25) is 14.4 Å². The summed E-state index contributed by atoms with van der Waals surface area (Å²) in [7, 11) is -1.07. The Morgan fingerprint density at radius 3 is 2.68 bits per heavy atom. The van der Waals surface area contributed by atoms with Gasteiger partial charge in [-0.2, -0.15) is 0 Å². The second-order valence-corrected chi connectivity index (χ2v) is 7.58. The number of rotatable bonds is 8. The summed E-state index contributed by atoms with van der Waals surface area (Å²) >= 11 is 0. The molecule has 166 valence electrons. The summed E-state index contributed by atoms with van der Waals surface area (Å²) < 4.78 is 11.1. The van der Waals surface area contributed by atoms with E-state index in [9.17, 15) is 29.3 Å². The number of fused-ring (bicyclic) bond motifs is 1. The van der Waals surface area contributed by atoms with E-state index in [4.69, 9.17) is 15.1 Å². The highest BCUT2D eigenvalue weighted by Gasteiger charge is 2.37. The van der Waals surface area contributed by atoms with Crippen molar-refractivity contribution in [2.75, 3.05) is 13.1 Å². The van der Waals surface area contributed by atoms with E-state index in [2.05, 4.69) is 5.32 Å². The predicted octanol–water partition coefficient (Wildman–Crippen LogP) is -0.840. The fourth-order valence-corrected chi connectivity index (χ4v) is 3.47. The van der Waals surface area contributed by atoms with Crippen molar-refractivity contribution in [3.8, 4) is 11.5 Å². The SMILES string of the molecule is C[C@@H](NC(=O)CCC(N)=O)C(=O)N1CC(Oc2ccc3c(c2C(=O)O)OB(O)CC3)C1. The van der Waals surface area contributed by atoms with E-state index in [-0.39, 0.29) is 48.9 Å². The number of amides is 3. The van der Waals surface area contributed by atoms with Crippen molar-refractivity contribution >= 4 is 30.8 Å². The zero-order valence-electron chi connectivity index (χ0n) is 17.0. The lowest BCUT2D eigenvalue weighted by Gasteiger charge is -2.40. The molecule has 3 rings (SSSR count). The van der Waals surface area contributed by atoms with Crippen LogP contribution in [-0.4, -0.2) is 71.1 Å². The van der Waals surface area contributed by atoms with Crippen molar-refractivity contribution < 1.29 is 38.7 Å². The average molecular weight is 433 g/mol. The van der Waals surface area contributed by atoms with Gasteiger partial charge in [0.05, 0.1) is 13.1 Å². The zero-order valence-corrected chi connectivity index (χ0v) is 17.0. The highest BCUT2D eigenvalue weighted by atomic mass is 16.5. The van der Waals surface area contributed by atoms with Crippen molar-refractivity contribution in [1.82, 2.24) is 10.2 Å². The third kappa shape index (κ3) is 5.26. The van der Waals surface area contributed by atoms with E-state index < -0.39 is 37.0 Å². The van der Waals surface area contributed by atoms with Gasteiger partial charge in [0.2, 0.25) is 17.7 Å². The first-order valence-corrected chi connectivity index (χ1v) is 9.92. The monoisotopic (exact) mass is 433 g/mol. The Balaban J connectivity index is 1.57. The molecule has 2 aliphatic rings. The summed E-state index contributed by atoms with van der Waals surface area (Å²) in [6.45, 7) is 1.98. The number of nitrogens with zero attached hydrogens (tertiary/aromatic N) is 1. The van der Waals surface area contributed by atoms with Gasteiger partial charge in [-0.1, -0.05) is 6.07 Å². The van der Waals surface area contributed by atoms with Gasteiger partial charge >= 0.3 is 13.1 Å². The van der Waals surface area contributed by atoms with E-state index in [0.717, 1.165) is 0 Å². The highest BCUT2D eigenvalue weighted by molar-refractivity contribution is 6.44. The molecule has 5 N–H and O–H groups in total.